The van der Waals surface area contributed by atoms with Crippen LogP contribution in [0.4, 0.5) is 18.9 Å². The van der Waals surface area contributed by atoms with Crippen molar-refractivity contribution in [2.75, 3.05) is 17.7 Å². The van der Waals surface area contributed by atoms with E-state index in [4.69, 9.17) is 28.3 Å². The number of halogens is 5. The van der Waals surface area contributed by atoms with Crippen LogP contribution in [-0.2, 0) is 4.79 Å². The summed E-state index contributed by atoms with van der Waals surface area (Å²) in [4.78, 5) is 12.1. The molecule has 1 aromatic rings. The third-order valence-electron chi connectivity index (χ3n) is 2.64. The van der Waals surface area contributed by atoms with E-state index in [1.165, 1.54) is 23.9 Å². The number of benzene rings is 1. The summed E-state index contributed by atoms with van der Waals surface area (Å²) in [5, 5.41) is 19.8. The van der Waals surface area contributed by atoms with Crippen LogP contribution in [0.3, 0.4) is 0 Å². The largest absolute Gasteiger partial charge is 0.426 e. The monoisotopic (exact) mass is 377 g/mol. The second-order valence-electron chi connectivity index (χ2n) is 4.34. The third kappa shape index (κ3) is 4.20. The van der Waals surface area contributed by atoms with Crippen LogP contribution < -0.4 is 5.32 Å². The summed E-state index contributed by atoms with van der Waals surface area (Å²) in [6.07, 6.45) is -5.13. The van der Waals surface area contributed by atoms with Gasteiger partial charge in [-0.1, -0.05) is 23.2 Å². The van der Waals surface area contributed by atoms with Crippen molar-refractivity contribution in [2.45, 2.75) is 23.6 Å². The first-order valence-corrected chi connectivity index (χ1v) is 7.58. The lowest BCUT2D eigenvalue weighted by Gasteiger charge is -2.25. The van der Waals surface area contributed by atoms with E-state index < -0.39 is 17.7 Å². The molecule has 0 aliphatic heterocycles. The summed E-state index contributed by atoms with van der Waals surface area (Å²) < 4.78 is 37.7. The van der Waals surface area contributed by atoms with Gasteiger partial charge in [0.25, 0.3) is 5.91 Å². The fourth-order valence-electron chi connectivity index (χ4n) is 1.27. The number of alkyl halides is 3. The number of nitrogens with one attached hydrogen (secondary N) is 1. The molecule has 1 rings (SSSR count). The highest BCUT2D eigenvalue weighted by molar-refractivity contribution is 7.99. The molecule has 0 saturated carbocycles. The van der Waals surface area contributed by atoms with Gasteiger partial charge in [-0.25, -0.2) is 0 Å². The number of amides is 1. The lowest BCUT2D eigenvalue weighted by Crippen LogP contribution is -2.52. The van der Waals surface area contributed by atoms with Crippen molar-refractivity contribution in [3.63, 3.8) is 0 Å². The summed E-state index contributed by atoms with van der Waals surface area (Å²) in [7, 11) is 0. The SMILES string of the molecule is CC(O)(C(=O)Nc1ccc(SCCO)c(Cl)c1Cl)C(F)(F)F. The van der Waals surface area contributed by atoms with E-state index in [0.29, 0.717) is 17.6 Å². The Labute approximate surface area is 138 Å². The number of aliphatic hydroxyl groups excluding tert-OH is 1. The first-order valence-electron chi connectivity index (χ1n) is 5.84. The van der Waals surface area contributed by atoms with E-state index in [1.54, 1.807) is 0 Å². The predicted molar refractivity (Wildman–Crippen MR) is 79.6 cm³/mol. The minimum Gasteiger partial charge on any atom is -0.396 e. The van der Waals surface area contributed by atoms with Crippen molar-refractivity contribution in [3.05, 3.63) is 22.2 Å². The molecule has 0 radical (unpaired) electrons. The first-order chi connectivity index (χ1) is 10.0. The van der Waals surface area contributed by atoms with Crippen molar-refractivity contribution >= 4 is 46.6 Å². The zero-order valence-electron chi connectivity index (χ0n) is 11.2. The van der Waals surface area contributed by atoms with Crippen molar-refractivity contribution in [1.29, 1.82) is 0 Å². The summed E-state index contributed by atoms with van der Waals surface area (Å²) in [5.41, 5.74) is -3.72. The molecule has 1 amide bonds. The van der Waals surface area contributed by atoms with Crippen LogP contribution in [0.25, 0.3) is 0 Å². The molecule has 10 heteroatoms. The van der Waals surface area contributed by atoms with E-state index in [9.17, 15) is 23.1 Å². The molecule has 1 atom stereocenters. The van der Waals surface area contributed by atoms with E-state index in [0.717, 1.165) is 0 Å². The van der Waals surface area contributed by atoms with Gasteiger partial charge in [-0.3, -0.25) is 4.79 Å². The van der Waals surface area contributed by atoms with Crippen LogP contribution in [0.1, 0.15) is 6.92 Å². The van der Waals surface area contributed by atoms with Crippen molar-refractivity contribution in [2.24, 2.45) is 0 Å². The summed E-state index contributed by atoms with van der Waals surface area (Å²) in [6, 6.07) is 2.70. The van der Waals surface area contributed by atoms with Gasteiger partial charge in [-0.15, -0.1) is 11.8 Å². The minimum absolute atomic E-state index is 0.0320. The number of hydrogen-bond donors (Lipinski definition) is 3. The van der Waals surface area contributed by atoms with Gasteiger partial charge in [-0.05, 0) is 19.1 Å². The van der Waals surface area contributed by atoms with Crippen molar-refractivity contribution < 1.29 is 28.2 Å². The Bertz CT molecular complexity index is 567. The molecule has 22 heavy (non-hydrogen) atoms. The smallest absolute Gasteiger partial charge is 0.396 e. The Morgan fingerprint density at radius 3 is 2.41 bits per heavy atom. The predicted octanol–water partition coefficient (Wildman–Crippen LogP) is 3.33. The van der Waals surface area contributed by atoms with E-state index >= 15 is 0 Å². The number of carbonyl (C=O) groups is 1. The van der Waals surface area contributed by atoms with Crippen LogP contribution in [-0.4, -0.2) is 40.3 Å². The molecule has 1 aromatic carbocycles. The van der Waals surface area contributed by atoms with Gasteiger partial charge < -0.3 is 15.5 Å². The number of hydrogen-bond acceptors (Lipinski definition) is 4. The topological polar surface area (TPSA) is 69.6 Å². The second-order valence-corrected chi connectivity index (χ2v) is 6.23. The minimum atomic E-state index is -5.13. The second kappa shape index (κ2) is 7.27. The zero-order valence-corrected chi connectivity index (χ0v) is 13.5. The quantitative estimate of drug-likeness (QED) is 0.688. The average Bonchev–Trinajstić information content (AvgIpc) is 2.41. The number of rotatable bonds is 5. The summed E-state index contributed by atoms with van der Waals surface area (Å²) >= 11 is 13.0. The van der Waals surface area contributed by atoms with Crippen molar-refractivity contribution in [1.82, 2.24) is 0 Å². The van der Waals surface area contributed by atoms with E-state index in [1.807, 2.05) is 5.32 Å². The Kier molecular flexibility index (Phi) is 6.40. The van der Waals surface area contributed by atoms with Gasteiger partial charge in [0.15, 0.2) is 0 Å². The molecule has 0 heterocycles. The molecule has 0 spiro atoms. The number of aliphatic hydroxyl groups is 2. The molecule has 0 aliphatic carbocycles. The number of carbonyl (C=O) groups excluding carboxylic acids is 1. The van der Waals surface area contributed by atoms with E-state index in [-0.39, 0.29) is 22.3 Å². The van der Waals surface area contributed by atoms with Gasteiger partial charge in [0, 0.05) is 10.6 Å². The molecule has 124 valence electrons. The number of anilines is 1. The highest BCUT2D eigenvalue weighted by Gasteiger charge is 2.55. The molecule has 0 fully saturated rings. The molecule has 3 N–H and O–H groups in total. The fourth-order valence-corrected chi connectivity index (χ4v) is 2.57. The van der Waals surface area contributed by atoms with Crippen molar-refractivity contribution in [3.8, 4) is 0 Å². The lowest BCUT2D eigenvalue weighted by atomic mass is 10.1. The molecular formula is C12H12Cl2F3NO3S. The maximum atomic E-state index is 12.6. The highest BCUT2D eigenvalue weighted by Crippen LogP contribution is 2.39. The maximum absolute atomic E-state index is 12.6. The van der Waals surface area contributed by atoms with Crippen LogP contribution in [0.5, 0.6) is 0 Å². The Morgan fingerprint density at radius 1 is 1.32 bits per heavy atom. The maximum Gasteiger partial charge on any atom is 0.426 e. The highest BCUT2D eigenvalue weighted by atomic mass is 35.5. The average molecular weight is 378 g/mol. The van der Waals surface area contributed by atoms with Crippen LogP contribution in [0.2, 0.25) is 10.0 Å². The van der Waals surface area contributed by atoms with Gasteiger partial charge in [-0.2, -0.15) is 13.2 Å². The normalized spacial score (nSPS) is 14.5. The van der Waals surface area contributed by atoms with Gasteiger partial charge in [0.05, 0.1) is 22.3 Å². The number of thioether (sulfide) groups is 1. The lowest BCUT2D eigenvalue weighted by molar-refractivity contribution is -0.242. The first kappa shape index (κ1) is 19.4. The zero-order chi connectivity index (χ0) is 17.1. The standard InChI is InChI=1S/C12H12Cl2F3NO3S/c1-11(21,12(15,16)17)10(20)18-6-2-3-7(22-5-4-19)9(14)8(6)13/h2-3,19,21H,4-5H2,1H3,(H,18,20). The third-order valence-corrected chi connectivity index (χ3v) is 4.67. The summed E-state index contributed by atoms with van der Waals surface area (Å²) in [5.74, 6) is -1.32. The fraction of sp³-hybridized carbons (Fsp3) is 0.417. The Hall–Kier alpha value is -0.670. The van der Waals surface area contributed by atoms with Crippen LogP contribution >= 0.6 is 35.0 Å². The molecule has 1 unspecified atom stereocenters. The molecule has 0 saturated heterocycles. The Morgan fingerprint density at radius 2 is 1.91 bits per heavy atom. The van der Waals surface area contributed by atoms with Gasteiger partial charge in [0.1, 0.15) is 0 Å². The van der Waals surface area contributed by atoms with E-state index in [2.05, 4.69) is 0 Å². The Balaban J connectivity index is 3.00. The molecule has 0 aromatic heterocycles. The molecule has 0 bridgehead atoms. The summed E-state index contributed by atoms with van der Waals surface area (Å²) in [6.45, 7) is 0.245. The van der Waals surface area contributed by atoms with Crippen LogP contribution in [0.15, 0.2) is 17.0 Å². The molecular weight excluding hydrogens is 366 g/mol. The van der Waals surface area contributed by atoms with Gasteiger partial charge >= 0.3 is 6.18 Å². The molecule has 0 aliphatic rings. The van der Waals surface area contributed by atoms with Crippen LogP contribution in [0, 0.1) is 0 Å². The van der Waals surface area contributed by atoms with Gasteiger partial charge in [0.2, 0.25) is 5.60 Å². The molecule has 4 nitrogen and oxygen atoms in total.